The van der Waals surface area contributed by atoms with E-state index < -0.39 is 0 Å². The summed E-state index contributed by atoms with van der Waals surface area (Å²) >= 11 is 1.75. The minimum Gasteiger partial charge on any atom is -0.356 e. The molecule has 0 spiro atoms. The molecule has 0 aliphatic carbocycles. The second kappa shape index (κ2) is 13.1. The minimum atomic E-state index is 0. The van der Waals surface area contributed by atoms with Crippen LogP contribution < -0.4 is 5.32 Å². The van der Waals surface area contributed by atoms with Crippen LogP contribution in [0.3, 0.4) is 0 Å². The molecule has 0 aromatic carbocycles. The molecular weight excluding hydrogens is 393 g/mol. The SMILES string of the molecule is C=CCCCCCN(C)C(=NC)NCCc1ccsc1.I. The average molecular weight is 421 g/mol. The van der Waals surface area contributed by atoms with Gasteiger partial charge in [0.2, 0.25) is 0 Å². The molecule has 0 saturated heterocycles. The van der Waals surface area contributed by atoms with Crippen molar-refractivity contribution in [3.05, 3.63) is 35.0 Å². The van der Waals surface area contributed by atoms with Crippen molar-refractivity contribution < 1.29 is 0 Å². The standard InChI is InChI=1S/C16H27N3S.HI/c1-4-5-6-7-8-12-19(3)16(17-2)18-11-9-15-10-13-20-14-15;/h4,10,13-14H,1,5-9,11-12H2,2-3H3,(H,17,18);1H. The van der Waals surface area contributed by atoms with Gasteiger partial charge in [-0.1, -0.05) is 12.5 Å². The molecule has 120 valence electrons. The zero-order valence-corrected chi connectivity index (χ0v) is 16.3. The van der Waals surface area contributed by atoms with Gasteiger partial charge in [-0.05, 0) is 48.1 Å². The highest BCUT2D eigenvalue weighted by Crippen LogP contribution is 2.06. The summed E-state index contributed by atoms with van der Waals surface area (Å²) in [6.07, 6.45) is 7.86. The maximum atomic E-state index is 4.34. The second-order valence-electron chi connectivity index (χ2n) is 4.92. The van der Waals surface area contributed by atoms with Crippen molar-refractivity contribution in [1.29, 1.82) is 0 Å². The van der Waals surface area contributed by atoms with E-state index in [2.05, 4.69) is 45.7 Å². The molecule has 1 N–H and O–H groups in total. The topological polar surface area (TPSA) is 27.6 Å². The zero-order valence-electron chi connectivity index (χ0n) is 13.2. The molecule has 1 aromatic rings. The highest BCUT2D eigenvalue weighted by molar-refractivity contribution is 14.0. The molecule has 1 heterocycles. The molecule has 5 heteroatoms. The predicted octanol–water partition coefficient (Wildman–Crippen LogP) is 4.16. The summed E-state index contributed by atoms with van der Waals surface area (Å²) in [6.45, 7) is 5.74. The van der Waals surface area contributed by atoms with Gasteiger partial charge in [0.15, 0.2) is 5.96 Å². The average Bonchev–Trinajstić information content (AvgIpc) is 2.96. The van der Waals surface area contributed by atoms with Crippen molar-refractivity contribution in [3.8, 4) is 0 Å². The summed E-state index contributed by atoms with van der Waals surface area (Å²) in [5.74, 6) is 0.990. The molecule has 0 atom stereocenters. The second-order valence-corrected chi connectivity index (χ2v) is 5.70. The summed E-state index contributed by atoms with van der Waals surface area (Å²) in [6, 6.07) is 2.18. The number of halogens is 1. The van der Waals surface area contributed by atoms with Crippen LogP contribution in [0.25, 0.3) is 0 Å². The molecule has 0 fully saturated rings. The van der Waals surface area contributed by atoms with Gasteiger partial charge in [-0.3, -0.25) is 4.99 Å². The van der Waals surface area contributed by atoms with Crippen LogP contribution in [0.1, 0.15) is 31.2 Å². The van der Waals surface area contributed by atoms with Gasteiger partial charge in [-0.25, -0.2) is 0 Å². The fourth-order valence-corrected chi connectivity index (χ4v) is 2.76. The largest absolute Gasteiger partial charge is 0.356 e. The van der Waals surface area contributed by atoms with Gasteiger partial charge in [0, 0.05) is 27.2 Å². The molecule has 0 aliphatic rings. The van der Waals surface area contributed by atoms with E-state index in [4.69, 9.17) is 0 Å². The predicted molar refractivity (Wildman–Crippen MR) is 106 cm³/mol. The molecule has 3 nitrogen and oxygen atoms in total. The summed E-state index contributed by atoms with van der Waals surface area (Å²) < 4.78 is 0. The molecular formula is C16H28IN3S. The molecule has 0 bridgehead atoms. The van der Waals surface area contributed by atoms with Crippen LogP contribution in [0.2, 0.25) is 0 Å². The number of thiophene rings is 1. The Hall–Kier alpha value is -0.560. The van der Waals surface area contributed by atoms with Crippen LogP contribution in [0.5, 0.6) is 0 Å². The fraction of sp³-hybridized carbons (Fsp3) is 0.562. The molecule has 0 radical (unpaired) electrons. The van der Waals surface area contributed by atoms with Gasteiger partial charge in [0.25, 0.3) is 0 Å². The fourth-order valence-electron chi connectivity index (χ4n) is 2.06. The van der Waals surface area contributed by atoms with Crippen LogP contribution in [-0.2, 0) is 6.42 Å². The quantitative estimate of drug-likeness (QED) is 0.213. The van der Waals surface area contributed by atoms with Crippen molar-refractivity contribution in [1.82, 2.24) is 10.2 Å². The summed E-state index contributed by atoms with van der Waals surface area (Å²) in [4.78, 5) is 6.55. The first-order chi connectivity index (χ1) is 9.77. The van der Waals surface area contributed by atoms with E-state index in [-0.39, 0.29) is 24.0 Å². The van der Waals surface area contributed by atoms with E-state index in [1.54, 1.807) is 11.3 Å². The number of unbranched alkanes of at least 4 members (excludes halogenated alkanes) is 3. The van der Waals surface area contributed by atoms with Gasteiger partial charge in [0.1, 0.15) is 0 Å². The number of nitrogens with zero attached hydrogens (tertiary/aromatic N) is 2. The molecule has 0 amide bonds. The molecule has 21 heavy (non-hydrogen) atoms. The van der Waals surface area contributed by atoms with E-state index in [1.807, 2.05) is 13.1 Å². The summed E-state index contributed by atoms with van der Waals surface area (Å²) in [5.41, 5.74) is 1.39. The maximum Gasteiger partial charge on any atom is 0.193 e. The Morgan fingerprint density at radius 3 is 2.86 bits per heavy atom. The van der Waals surface area contributed by atoms with E-state index in [0.717, 1.165) is 31.9 Å². The Bertz CT molecular complexity index is 390. The highest BCUT2D eigenvalue weighted by atomic mass is 127. The van der Waals surface area contributed by atoms with Gasteiger partial charge in [-0.2, -0.15) is 11.3 Å². The molecule has 1 aromatic heterocycles. The Balaban J connectivity index is 0.00000400. The highest BCUT2D eigenvalue weighted by Gasteiger charge is 2.04. The van der Waals surface area contributed by atoms with Crippen LogP contribution in [0.15, 0.2) is 34.5 Å². The summed E-state index contributed by atoms with van der Waals surface area (Å²) in [5, 5.41) is 7.75. The van der Waals surface area contributed by atoms with Crippen molar-refractivity contribution in [2.45, 2.75) is 32.1 Å². The van der Waals surface area contributed by atoms with Crippen molar-refractivity contribution in [2.75, 3.05) is 27.2 Å². The lowest BCUT2D eigenvalue weighted by Crippen LogP contribution is -2.40. The lowest BCUT2D eigenvalue weighted by atomic mass is 10.2. The van der Waals surface area contributed by atoms with Crippen LogP contribution in [0.4, 0.5) is 0 Å². The van der Waals surface area contributed by atoms with Gasteiger partial charge < -0.3 is 10.2 Å². The number of rotatable bonds is 9. The Morgan fingerprint density at radius 2 is 2.24 bits per heavy atom. The first-order valence-electron chi connectivity index (χ1n) is 7.31. The monoisotopic (exact) mass is 421 g/mol. The zero-order chi connectivity index (χ0) is 14.6. The lowest BCUT2D eigenvalue weighted by Gasteiger charge is -2.22. The van der Waals surface area contributed by atoms with Gasteiger partial charge in [0.05, 0.1) is 0 Å². The molecule has 0 unspecified atom stereocenters. The van der Waals surface area contributed by atoms with Crippen molar-refractivity contribution >= 4 is 41.3 Å². The number of nitrogens with one attached hydrogen (secondary N) is 1. The normalized spacial score (nSPS) is 10.9. The number of aliphatic imine (C=N–C) groups is 1. The summed E-state index contributed by atoms with van der Waals surface area (Å²) in [7, 11) is 3.95. The van der Waals surface area contributed by atoms with E-state index in [0.29, 0.717) is 0 Å². The van der Waals surface area contributed by atoms with Crippen molar-refractivity contribution in [2.24, 2.45) is 4.99 Å². The Morgan fingerprint density at radius 1 is 1.43 bits per heavy atom. The third-order valence-electron chi connectivity index (χ3n) is 3.25. The third-order valence-corrected chi connectivity index (χ3v) is 3.98. The minimum absolute atomic E-state index is 0. The Kier molecular flexibility index (Phi) is 12.8. The number of hydrogen-bond donors (Lipinski definition) is 1. The molecule has 0 aliphatic heterocycles. The molecule has 1 rings (SSSR count). The van der Waals surface area contributed by atoms with Crippen LogP contribution >= 0.6 is 35.3 Å². The first kappa shape index (κ1) is 20.4. The van der Waals surface area contributed by atoms with Gasteiger partial charge in [-0.15, -0.1) is 30.6 Å². The van der Waals surface area contributed by atoms with E-state index in [1.165, 1.54) is 24.8 Å². The Labute approximate surface area is 150 Å². The smallest absolute Gasteiger partial charge is 0.193 e. The lowest BCUT2D eigenvalue weighted by molar-refractivity contribution is 0.455. The first-order valence-corrected chi connectivity index (χ1v) is 8.26. The third kappa shape index (κ3) is 9.14. The number of hydrogen-bond acceptors (Lipinski definition) is 2. The van der Waals surface area contributed by atoms with E-state index in [9.17, 15) is 0 Å². The van der Waals surface area contributed by atoms with E-state index >= 15 is 0 Å². The van der Waals surface area contributed by atoms with Crippen LogP contribution in [0, 0.1) is 0 Å². The van der Waals surface area contributed by atoms with Gasteiger partial charge >= 0.3 is 0 Å². The molecule has 0 saturated carbocycles. The number of guanidine groups is 1. The van der Waals surface area contributed by atoms with Crippen LogP contribution in [-0.4, -0.2) is 38.0 Å². The number of allylic oxidation sites excluding steroid dienone is 1. The maximum absolute atomic E-state index is 4.34. The van der Waals surface area contributed by atoms with Crippen molar-refractivity contribution in [3.63, 3.8) is 0 Å².